The molecular formula is C9H7ClFN5. The van der Waals surface area contributed by atoms with Crippen LogP contribution in [0.4, 0.5) is 22.0 Å². The largest absolute Gasteiger partial charge is 0.368 e. The minimum absolute atomic E-state index is 0.00267. The van der Waals surface area contributed by atoms with E-state index in [1.54, 1.807) is 12.1 Å². The van der Waals surface area contributed by atoms with Gasteiger partial charge in [-0.15, -0.1) is 0 Å². The molecule has 3 N–H and O–H groups in total. The van der Waals surface area contributed by atoms with Crippen molar-refractivity contribution in [2.45, 2.75) is 0 Å². The van der Waals surface area contributed by atoms with Gasteiger partial charge in [0.2, 0.25) is 17.2 Å². The van der Waals surface area contributed by atoms with E-state index in [1.807, 2.05) is 0 Å². The summed E-state index contributed by atoms with van der Waals surface area (Å²) in [5, 5.41) is 2.82. The van der Waals surface area contributed by atoms with Crippen molar-refractivity contribution in [2.24, 2.45) is 0 Å². The number of halogens is 2. The molecule has 0 saturated carbocycles. The molecule has 0 aliphatic heterocycles. The molecule has 2 aromatic rings. The summed E-state index contributed by atoms with van der Waals surface area (Å²) in [4.78, 5) is 11.2. The zero-order chi connectivity index (χ0) is 11.5. The van der Waals surface area contributed by atoms with Crippen LogP contribution < -0.4 is 11.1 Å². The predicted molar refractivity (Wildman–Crippen MR) is 58.9 cm³/mol. The molecule has 0 atom stereocenters. The number of rotatable bonds is 2. The molecule has 7 heteroatoms. The third-order valence-electron chi connectivity index (χ3n) is 1.73. The van der Waals surface area contributed by atoms with Gasteiger partial charge in [-0.3, -0.25) is 0 Å². The molecule has 0 aliphatic rings. The van der Waals surface area contributed by atoms with Crippen LogP contribution in [0.15, 0.2) is 24.3 Å². The SMILES string of the molecule is Nc1nc(Cl)nc(Nc2ccc(F)cc2)n1. The van der Waals surface area contributed by atoms with Crippen LogP contribution in [0.3, 0.4) is 0 Å². The van der Waals surface area contributed by atoms with Crippen LogP contribution in [-0.4, -0.2) is 15.0 Å². The summed E-state index contributed by atoms with van der Waals surface area (Å²) in [6.45, 7) is 0. The Morgan fingerprint density at radius 1 is 1.12 bits per heavy atom. The maximum absolute atomic E-state index is 12.6. The van der Waals surface area contributed by atoms with E-state index in [4.69, 9.17) is 17.3 Å². The first kappa shape index (κ1) is 10.6. The second-order valence-corrected chi connectivity index (χ2v) is 3.26. The molecule has 0 fully saturated rings. The molecular weight excluding hydrogens is 233 g/mol. The molecule has 0 saturated heterocycles. The van der Waals surface area contributed by atoms with E-state index in [2.05, 4.69) is 20.3 Å². The lowest BCUT2D eigenvalue weighted by Gasteiger charge is -2.04. The van der Waals surface area contributed by atoms with Crippen LogP contribution in [0.5, 0.6) is 0 Å². The second kappa shape index (κ2) is 4.28. The number of nitrogen functional groups attached to an aromatic ring is 1. The molecule has 0 radical (unpaired) electrons. The van der Waals surface area contributed by atoms with Crippen LogP contribution in [0.2, 0.25) is 5.28 Å². The van der Waals surface area contributed by atoms with Gasteiger partial charge in [-0.05, 0) is 35.9 Å². The van der Waals surface area contributed by atoms with E-state index < -0.39 is 0 Å². The topological polar surface area (TPSA) is 76.7 Å². The maximum atomic E-state index is 12.6. The van der Waals surface area contributed by atoms with Gasteiger partial charge in [-0.25, -0.2) is 4.39 Å². The molecule has 0 amide bonds. The summed E-state index contributed by atoms with van der Waals surface area (Å²) in [6.07, 6.45) is 0. The van der Waals surface area contributed by atoms with Crippen LogP contribution in [0.25, 0.3) is 0 Å². The van der Waals surface area contributed by atoms with Gasteiger partial charge >= 0.3 is 0 Å². The highest BCUT2D eigenvalue weighted by Crippen LogP contribution is 2.15. The fourth-order valence-corrected chi connectivity index (χ4v) is 1.25. The molecule has 0 spiro atoms. The summed E-state index contributed by atoms with van der Waals surface area (Å²) >= 11 is 5.60. The van der Waals surface area contributed by atoms with Crippen molar-refractivity contribution < 1.29 is 4.39 Å². The van der Waals surface area contributed by atoms with Gasteiger partial charge in [0.15, 0.2) is 0 Å². The molecule has 5 nitrogen and oxygen atoms in total. The highest BCUT2D eigenvalue weighted by Gasteiger charge is 2.02. The van der Waals surface area contributed by atoms with Crippen LogP contribution in [0, 0.1) is 5.82 Å². The minimum atomic E-state index is -0.321. The number of nitrogens with zero attached hydrogens (tertiary/aromatic N) is 3. The summed E-state index contributed by atoms with van der Waals surface area (Å²) in [5.74, 6) is -0.0903. The Morgan fingerprint density at radius 2 is 1.81 bits per heavy atom. The number of nitrogens with one attached hydrogen (secondary N) is 1. The van der Waals surface area contributed by atoms with Crippen molar-refractivity contribution in [1.29, 1.82) is 0 Å². The van der Waals surface area contributed by atoms with Crippen molar-refractivity contribution in [3.63, 3.8) is 0 Å². The number of nitrogens with two attached hydrogens (primary N) is 1. The molecule has 82 valence electrons. The number of anilines is 3. The van der Waals surface area contributed by atoms with Crippen molar-refractivity contribution in [3.8, 4) is 0 Å². The number of hydrogen-bond donors (Lipinski definition) is 2. The first-order valence-corrected chi connectivity index (χ1v) is 4.71. The van der Waals surface area contributed by atoms with Gasteiger partial charge in [0.05, 0.1) is 0 Å². The molecule has 1 heterocycles. The van der Waals surface area contributed by atoms with Gasteiger partial charge in [-0.1, -0.05) is 0 Å². The Labute approximate surface area is 95.5 Å². The van der Waals surface area contributed by atoms with Crippen LogP contribution >= 0.6 is 11.6 Å². The van der Waals surface area contributed by atoms with E-state index in [1.165, 1.54) is 12.1 Å². The average Bonchev–Trinajstić information content (AvgIpc) is 2.20. The Hall–Kier alpha value is -1.95. The lowest BCUT2D eigenvalue weighted by molar-refractivity contribution is 0.628. The molecule has 1 aromatic carbocycles. The third-order valence-corrected chi connectivity index (χ3v) is 1.89. The van der Waals surface area contributed by atoms with Gasteiger partial charge in [0, 0.05) is 5.69 Å². The number of hydrogen-bond acceptors (Lipinski definition) is 5. The molecule has 0 aliphatic carbocycles. The summed E-state index contributed by atoms with van der Waals surface area (Å²) in [5.41, 5.74) is 6.02. The van der Waals surface area contributed by atoms with E-state index in [0.29, 0.717) is 5.69 Å². The number of benzene rings is 1. The van der Waals surface area contributed by atoms with Gasteiger partial charge in [-0.2, -0.15) is 15.0 Å². The standard InChI is InChI=1S/C9H7ClFN5/c10-7-14-8(12)16-9(15-7)13-6-3-1-5(11)2-4-6/h1-4H,(H3,12,13,14,15,16). The zero-order valence-corrected chi connectivity index (χ0v) is 8.74. The maximum Gasteiger partial charge on any atom is 0.233 e. The van der Waals surface area contributed by atoms with E-state index >= 15 is 0 Å². The third kappa shape index (κ3) is 2.54. The first-order valence-electron chi connectivity index (χ1n) is 4.33. The summed E-state index contributed by atoms with van der Waals surface area (Å²) < 4.78 is 12.6. The molecule has 16 heavy (non-hydrogen) atoms. The zero-order valence-electron chi connectivity index (χ0n) is 7.98. The predicted octanol–water partition coefficient (Wildman–Crippen LogP) is 1.99. The number of aromatic nitrogens is 3. The Bertz CT molecular complexity index is 482. The smallest absolute Gasteiger partial charge is 0.233 e. The Balaban J connectivity index is 2.23. The van der Waals surface area contributed by atoms with Crippen molar-refractivity contribution in [1.82, 2.24) is 15.0 Å². The lowest BCUT2D eigenvalue weighted by atomic mass is 10.3. The highest BCUT2D eigenvalue weighted by atomic mass is 35.5. The quantitative estimate of drug-likeness (QED) is 0.838. The fraction of sp³-hybridized carbons (Fsp3) is 0. The Kier molecular flexibility index (Phi) is 2.82. The average molecular weight is 240 g/mol. The summed E-state index contributed by atoms with van der Waals surface area (Å²) in [6, 6.07) is 5.72. The normalized spacial score (nSPS) is 10.1. The Morgan fingerprint density at radius 3 is 2.44 bits per heavy atom. The first-order chi connectivity index (χ1) is 7.63. The van der Waals surface area contributed by atoms with Crippen molar-refractivity contribution >= 4 is 29.2 Å². The summed E-state index contributed by atoms with van der Waals surface area (Å²) in [7, 11) is 0. The van der Waals surface area contributed by atoms with Gasteiger partial charge in [0.1, 0.15) is 5.82 Å². The van der Waals surface area contributed by atoms with E-state index in [9.17, 15) is 4.39 Å². The minimum Gasteiger partial charge on any atom is -0.368 e. The molecule has 0 unspecified atom stereocenters. The van der Waals surface area contributed by atoms with Gasteiger partial charge in [0.25, 0.3) is 0 Å². The van der Waals surface area contributed by atoms with E-state index in [0.717, 1.165) is 0 Å². The molecule has 1 aromatic heterocycles. The fourth-order valence-electron chi connectivity index (χ4n) is 1.08. The van der Waals surface area contributed by atoms with Crippen LogP contribution in [0.1, 0.15) is 0 Å². The monoisotopic (exact) mass is 239 g/mol. The lowest BCUT2D eigenvalue weighted by Crippen LogP contribution is -2.03. The second-order valence-electron chi connectivity index (χ2n) is 2.92. The van der Waals surface area contributed by atoms with Crippen molar-refractivity contribution in [2.75, 3.05) is 11.1 Å². The molecule has 2 rings (SSSR count). The van der Waals surface area contributed by atoms with Gasteiger partial charge < -0.3 is 11.1 Å². The van der Waals surface area contributed by atoms with E-state index in [-0.39, 0.29) is 23.0 Å². The van der Waals surface area contributed by atoms with Crippen LogP contribution in [-0.2, 0) is 0 Å². The highest BCUT2D eigenvalue weighted by molar-refractivity contribution is 6.28. The molecule has 0 bridgehead atoms. The van der Waals surface area contributed by atoms with Crippen molar-refractivity contribution in [3.05, 3.63) is 35.4 Å².